The molecule has 3 nitrogen and oxygen atoms in total. The van der Waals surface area contributed by atoms with Crippen molar-refractivity contribution in [3.8, 4) is 0 Å². The van der Waals surface area contributed by atoms with Crippen molar-refractivity contribution in [3.63, 3.8) is 0 Å². The molecule has 1 heterocycles. The highest BCUT2D eigenvalue weighted by Crippen LogP contribution is 2.29. The summed E-state index contributed by atoms with van der Waals surface area (Å²) in [5.74, 6) is 1.83. The average Bonchev–Trinajstić information content (AvgIpc) is 2.67. The van der Waals surface area contributed by atoms with Gasteiger partial charge in [0.05, 0.1) is 0 Å². The third-order valence-electron chi connectivity index (χ3n) is 4.15. The van der Waals surface area contributed by atoms with Gasteiger partial charge in [0.25, 0.3) is 0 Å². The summed E-state index contributed by atoms with van der Waals surface area (Å²) in [5, 5.41) is 3.31. The quantitative estimate of drug-likeness (QED) is 0.770. The van der Waals surface area contributed by atoms with Gasteiger partial charge in [-0.2, -0.15) is 0 Å². The van der Waals surface area contributed by atoms with E-state index >= 15 is 0 Å². The van der Waals surface area contributed by atoms with E-state index in [1.165, 1.54) is 32.1 Å². The van der Waals surface area contributed by atoms with Gasteiger partial charge in [-0.1, -0.05) is 19.3 Å². The number of nitrogens with one attached hydrogen (secondary N) is 1. The number of rotatable bonds is 5. The number of nitrogens with zero attached hydrogens (tertiary/aromatic N) is 1. The van der Waals surface area contributed by atoms with Crippen LogP contribution in [0.5, 0.6) is 0 Å². The van der Waals surface area contributed by atoms with Crippen LogP contribution in [-0.4, -0.2) is 37.5 Å². The van der Waals surface area contributed by atoms with Crippen molar-refractivity contribution in [3.05, 3.63) is 0 Å². The van der Waals surface area contributed by atoms with Gasteiger partial charge in [0, 0.05) is 20.0 Å². The molecule has 1 amide bonds. The summed E-state index contributed by atoms with van der Waals surface area (Å²) in [7, 11) is 1.96. The molecule has 0 bridgehead atoms. The van der Waals surface area contributed by atoms with E-state index in [9.17, 15) is 4.79 Å². The van der Waals surface area contributed by atoms with Gasteiger partial charge < -0.3 is 10.2 Å². The second kappa shape index (κ2) is 5.67. The van der Waals surface area contributed by atoms with Crippen LogP contribution in [0.1, 0.15) is 38.5 Å². The second-order valence-corrected chi connectivity index (χ2v) is 5.46. The first kappa shape index (κ1) is 11.9. The fourth-order valence-electron chi connectivity index (χ4n) is 2.57. The van der Waals surface area contributed by atoms with Gasteiger partial charge in [-0.15, -0.1) is 0 Å². The van der Waals surface area contributed by atoms with Gasteiger partial charge in [-0.05, 0) is 37.8 Å². The summed E-state index contributed by atoms with van der Waals surface area (Å²) in [6.45, 7) is 3.08. The molecule has 0 aromatic carbocycles. The minimum atomic E-state index is 0.341. The topological polar surface area (TPSA) is 32.3 Å². The summed E-state index contributed by atoms with van der Waals surface area (Å²) < 4.78 is 0. The van der Waals surface area contributed by atoms with Crippen molar-refractivity contribution in [1.29, 1.82) is 0 Å². The molecule has 1 unspecified atom stereocenters. The maximum absolute atomic E-state index is 11.9. The van der Waals surface area contributed by atoms with E-state index in [0.717, 1.165) is 32.0 Å². The maximum Gasteiger partial charge on any atom is 0.222 e. The second-order valence-electron chi connectivity index (χ2n) is 5.46. The third kappa shape index (κ3) is 3.21. The summed E-state index contributed by atoms with van der Waals surface area (Å²) in [6, 6.07) is 0. The van der Waals surface area contributed by atoms with Gasteiger partial charge in [-0.3, -0.25) is 4.79 Å². The minimum Gasteiger partial charge on any atom is -0.346 e. The van der Waals surface area contributed by atoms with Gasteiger partial charge in [-0.25, -0.2) is 0 Å². The Morgan fingerprint density at radius 2 is 2.12 bits per heavy atom. The summed E-state index contributed by atoms with van der Waals surface area (Å²) in [5.41, 5.74) is 0. The van der Waals surface area contributed by atoms with Gasteiger partial charge in [0.2, 0.25) is 5.91 Å². The Labute approximate surface area is 98.6 Å². The molecule has 1 aliphatic carbocycles. The number of hydrogen-bond acceptors (Lipinski definition) is 2. The molecule has 92 valence electrons. The van der Waals surface area contributed by atoms with Gasteiger partial charge in [0.1, 0.15) is 0 Å². The third-order valence-corrected chi connectivity index (χ3v) is 4.15. The summed E-state index contributed by atoms with van der Waals surface area (Å²) in [6.07, 6.45) is 7.29. The Balaban J connectivity index is 1.62. The van der Waals surface area contributed by atoms with Crippen LogP contribution in [0.2, 0.25) is 0 Å². The lowest BCUT2D eigenvalue weighted by Gasteiger charge is -2.28. The summed E-state index contributed by atoms with van der Waals surface area (Å²) >= 11 is 0. The van der Waals surface area contributed by atoms with Crippen LogP contribution in [0.15, 0.2) is 0 Å². The van der Waals surface area contributed by atoms with E-state index in [4.69, 9.17) is 0 Å². The number of carbonyl (C=O) groups is 1. The normalized spacial score (nSPS) is 25.4. The van der Waals surface area contributed by atoms with Crippen LogP contribution in [0.3, 0.4) is 0 Å². The molecular weight excluding hydrogens is 200 g/mol. The van der Waals surface area contributed by atoms with E-state index < -0.39 is 0 Å². The van der Waals surface area contributed by atoms with Crippen molar-refractivity contribution in [2.24, 2.45) is 11.8 Å². The Bertz CT molecular complexity index is 232. The lowest BCUT2D eigenvalue weighted by Crippen LogP contribution is -2.31. The van der Waals surface area contributed by atoms with Crippen molar-refractivity contribution >= 4 is 5.91 Å². The minimum absolute atomic E-state index is 0.341. The molecule has 1 saturated carbocycles. The number of carbonyl (C=O) groups excluding carboxylic acids is 1. The molecule has 0 aromatic rings. The standard InChI is InChI=1S/C13H24N2O/c1-15(8-6-11-3-2-4-11)13(16)9-12-5-7-14-10-12/h11-12,14H,2-10H2,1H3. The lowest BCUT2D eigenvalue weighted by molar-refractivity contribution is -0.131. The van der Waals surface area contributed by atoms with Crippen molar-refractivity contribution < 1.29 is 4.79 Å². The smallest absolute Gasteiger partial charge is 0.222 e. The fourth-order valence-corrected chi connectivity index (χ4v) is 2.57. The molecule has 1 atom stereocenters. The average molecular weight is 224 g/mol. The maximum atomic E-state index is 11.9. The lowest BCUT2D eigenvalue weighted by atomic mass is 9.83. The zero-order valence-electron chi connectivity index (χ0n) is 10.4. The van der Waals surface area contributed by atoms with Crippen LogP contribution in [0, 0.1) is 11.8 Å². The van der Waals surface area contributed by atoms with Crippen LogP contribution < -0.4 is 5.32 Å². The molecule has 0 spiro atoms. The number of amides is 1. The molecule has 1 saturated heterocycles. The Morgan fingerprint density at radius 3 is 2.69 bits per heavy atom. The Morgan fingerprint density at radius 1 is 1.31 bits per heavy atom. The molecule has 1 aliphatic heterocycles. The monoisotopic (exact) mass is 224 g/mol. The molecule has 2 aliphatic rings. The van der Waals surface area contributed by atoms with E-state index in [1.54, 1.807) is 0 Å². The van der Waals surface area contributed by atoms with Crippen LogP contribution in [0.4, 0.5) is 0 Å². The van der Waals surface area contributed by atoms with Crippen LogP contribution in [-0.2, 0) is 4.79 Å². The van der Waals surface area contributed by atoms with E-state index in [-0.39, 0.29) is 0 Å². The van der Waals surface area contributed by atoms with E-state index in [2.05, 4.69) is 5.32 Å². The molecule has 16 heavy (non-hydrogen) atoms. The number of hydrogen-bond donors (Lipinski definition) is 1. The SMILES string of the molecule is CN(CCC1CCC1)C(=O)CC1CCNC1. The Kier molecular flexibility index (Phi) is 4.22. The largest absolute Gasteiger partial charge is 0.346 e. The zero-order valence-corrected chi connectivity index (χ0v) is 10.4. The van der Waals surface area contributed by atoms with Crippen LogP contribution >= 0.6 is 0 Å². The molecular formula is C13H24N2O. The van der Waals surface area contributed by atoms with Gasteiger partial charge >= 0.3 is 0 Å². The first-order valence-electron chi connectivity index (χ1n) is 6.70. The molecule has 3 heteroatoms. The van der Waals surface area contributed by atoms with Gasteiger partial charge in [0.15, 0.2) is 0 Å². The fraction of sp³-hybridized carbons (Fsp3) is 0.923. The zero-order chi connectivity index (χ0) is 11.4. The predicted octanol–water partition coefficient (Wildman–Crippen LogP) is 1.63. The predicted molar refractivity (Wildman–Crippen MR) is 65.2 cm³/mol. The first-order chi connectivity index (χ1) is 7.75. The molecule has 1 N–H and O–H groups in total. The molecule has 2 rings (SSSR count). The highest BCUT2D eigenvalue weighted by Gasteiger charge is 2.22. The first-order valence-corrected chi connectivity index (χ1v) is 6.70. The molecule has 0 radical (unpaired) electrons. The highest BCUT2D eigenvalue weighted by atomic mass is 16.2. The summed E-state index contributed by atoms with van der Waals surface area (Å²) in [4.78, 5) is 13.9. The molecule has 2 fully saturated rings. The van der Waals surface area contributed by atoms with Crippen molar-refractivity contribution in [1.82, 2.24) is 10.2 Å². The van der Waals surface area contributed by atoms with Crippen LogP contribution in [0.25, 0.3) is 0 Å². The van der Waals surface area contributed by atoms with E-state index in [1.807, 2.05) is 11.9 Å². The Hall–Kier alpha value is -0.570. The highest BCUT2D eigenvalue weighted by molar-refractivity contribution is 5.76. The van der Waals surface area contributed by atoms with E-state index in [0.29, 0.717) is 11.8 Å². The molecule has 0 aromatic heterocycles. The van der Waals surface area contributed by atoms with Crippen molar-refractivity contribution in [2.45, 2.75) is 38.5 Å². The van der Waals surface area contributed by atoms with Crippen molar-refractivity contribution in [2.75, 3.05) is 26.7 Å².